The fraction of sp³-hybridized carbons (Fsp3) is 0.500. The third kappa shape index (κ3) is 3.81. The maximum atomic E-state index is 12.8. The van der Waals surface area contributed by atoms with Crippen molar-refractivity contribution in [3.63, 3.8) is 0 Å². The van der Waals surface area contributed by atoms with Gasteiger partial charge in [0.25, 0.3) is 0 Å². The van der Waals surface area contributed by atoms with Crippen LogP contribution in [0.1, 0.15) is 32.1 Å². The zero-order valence-corrected chi connectivity index (χ0v) is 15.6. The maximum Gasteiger partial charge on any atom is 0.307 e. The van der Waals surface area contributed by atoms with Gasteiger partial charge in [0.2, 0.25) is 11.8 Å². The molecule has 2 amide bonds. The summed E-state index contributed by atoms with van der Waals surface area (Å²) in [5.74, 6) is -2.65. The van der Waals surface area contributed by atoms with Crippen molar-refractivity contribution >= 4 is 46.7 Å². The molecule has 2 aliphatic rings. The summed E-state index contributed by atoms with van der Waals surface area (Å²) >= 11 is 12.0. The molecule has 26 heavy (non-hydrogen) atoms. The van der Waals surface area contributed by atoms with E-state index in [4.69, 9.17) is 23.2 Å². The smallest absolute Gasteiger partial charge is 0.307 e. The van der Waals surface area contributed by atoms with Gasteiger partial charge in [-0.15, -0.1) is 0 Å². The highest BCUT2D eigenvalue weighted by molar-refractivity contribution is 6.36. The number of nitrogens with one attached hydrogen (secondary N) is 1. The molecular weight excluding hydrogens is 379 g/mol. The van der Waals surface area contributed by atoms with E-state index in [1.807, 2.05) is 0 Å². The van der Waals surface area contributed by atoms with Crippen LogP contribution in [0.3, 0.4) is 0 Å². The third-order valence-electron chi connectivity index (χ3n) is 5.19. The Labute approximate surface area is 161 Å². The lowest BCUT2D eigenvalue weighted by atomic mass is 9.72. The number of carboxylic acid groups (broad SMARTS) is 1. The van der Waals surface area contributed by atoms with Crippen molar-refractivity contribution in [1.29, 1.82) is 0 Å². The molecule has 3 rings (SSSR count). The van der Waals surface area contributed by atoms with E-state index in [0.29, 0.717) is 41.5 Å². The second-order valence-corrected chi connectivity index (χ2v) is 7.63. The normalized spacial score (nSPS) is 25.3. The van der Waals surface area contributed by atoms with Crippen molar-refractivity contribution in [2.75, 3.05) is 11.9 Å². The Morgan fingerprint density at radius 2 is 1.81 bits per heavy atom. The molecule has 1 saturated heterocycles. The van der Waals surface area contributed by atoms with Crippen LogP contribution in [-0.4, -0.2) is 40.4 Å². The lowest BCUT2D eigenvalue weighted by Gasteiger charge is -2.41. The molecule has 0 radical (unpaired) electrons. The largest absolute Gasteiger partial charge is 0.481 e. The minimum absolute atomic E-state index is 0.231. The predicted molar refractivity (Wildman–Crippen MR) is 98.3 cm³/mol. The summed E-state index contributed by atoms with van der Waals surface area (Å²) in [7, 11) is 0. The van der Waals surface area contributed by atoms with Crippen LogP contribution in [0.4, 0.5) is 5.69 Å². The van der Waals surface area contributed by atoms with Crippen LogP contribution < -0.4 is 5.32 Å². The van der Waals surface area contributed by atoms with Crippen molar-refractivity contribution in [2.45, 2.75) is 38.1 Å². The number of aliphatic carboxylic acids is 1. The molecule has 1 heterocycles. The molecule has 2 N–H and O–H groups in total. The molecule has 1 aliphatic carbocycles. The van der Waals surface area contributed by atoms with Gasteiger partial charge in [-0.1, -0.05) is 23.2 Å². The van der Waals surface area contributed by atoms with Crippen LogP contribution in [0.5, 0.6) is 0 Å². The molecule has 6 nitrogen and oxygen atoms in total. The van der Waals surface area contributed by atoms with Gasteiger partial charge >= 0.3 is 5.97 Å². The lowest BCUT2D eigenvalue weighted by Crippen LogP contribution is -2.55. The van der Waals surface area contributed by atoms with Crippen LogP contribution in [-0.2, 0) is 14.4 Å². The molecule has 1 aromatic carbocycles. The Morgan fingerprint density at radius 1 is 1.08 bits per heavy atom. The molecule has 1 saturated carbocycles. The predicted octanol–water partition coefficient (Wildman–Crippen LogP) is 3.42. The number of rotatable bonds is 4. The molecular formula is C18H20Cl2N2O4. The van der Waals surface area contributed by atoms with Crippen molar-refractivity contribution in [2.24, 2.45) is 11.8 Å². The Balaban J connectivity index is 1.73. The van der Waals surface area contributed by atoms with Crippen LogP contribution >= 0.6 is 23.2 Å². The van der Waals surface area contributed by atoms with Crippen molar-refractivity contribution < 1.29 is 19.5 Å². The van der Waals surface area contributed by atoms with Gasteiger partial charge in [-0.3, -0.25) is 14.4 Å². The van der Waals surface area contributed by atoms with E-state index in [1.54, 1.807) is 17.0 Å². The van der Waals surface area contributed by atoms with Gasteiger partial charge in [-0.25, -0.2) is 0 Å². The molecule has 1 aliphatic heterocycles. The quantitative estimate of drug-likeness (QED) is 0.812. The number of piperidine rings is 1. The summed E-state index contributed by atoms with van der Waals surface area (Å²) in [5.41, 5.74) is 0.436. The zero-order chi connectivity index (χ0) is 18.8. The number of amides is 2. The molecule has 140 valence electrons. The van der Waals surface area contributed by atoms with Crippen LogP contribution in [0, 0.1) is 11.8 Å². The first-order chi connectivity index (χ1) is 12.4. The monoisotopic (exact) mass is 398 g/mol. The van der Waals surface area contributed by atoms with E-state index in [2.05, 4.69) is 5.32 Å². The van der Waals surface area contributed by atoms with Crippen molar-refractivity contribution in [3.05, 3.63) is 28.2 Å². The van der Waals surface area contributed by atoms with E-state index < -0.39 is 23.8 Å². The first-order valence-corrected chi connectivity index (χ1v) is 9.43. The average molecular weight is 399 g/mol. The van der Waals surface area contributed by atoms with E-state index in [-0.39, 0.29) is 11.8 Å². The fourth-order valence-corrected chi connectivity index (χ4v) is 4.03. The highest BCUT2D eigenvalue weighted by atomic mass is 35.5. The van der Waals surface area contributed by atoms with Gasteiger partial charge in [-0.05, 0) is 50.3 Å². The molecule has 1 aromatic rings. The summed E-state index contributed by atoms with van der Waals surface area (Å²) in [6, 6.07) is 4.16. The van der Waals surface area contributed by atoms with Crippen LogP contribution in [0.15, 0.2) is 18.2 Å². The van der Waals surface area contributed by atoms with Gasteiger partial charge in [0, 0.05) is 11.6 Å². The Hall–Kier alpha value is -1.79. The number of halogens is 2. The Kier molecular flexibility index (Phi) is 5.73. The van der Waals surface area contributed by atoms with Crippen molar-refractivity contribution in [1.82, 2.24) is 4.90 Å². The zero-order valence-electron chi connectivity index (χ0n) is 14.1. The summed E-state index contributed by atoms with van der Waals surface area (Å²) in [4.78, 5) is 38.3. The van der Waals surface area contributed by atoms with Crippen LogP contribution in [0.25, 0.3) is 0 Å². The van der Waals surface area contributed by atoms with Gasteiger partial charge in [-0.2, -0.15) is 0 Å². The Morgan fingerprint density at radius 3 is 2.42 bits per heavy atom. The third-order valence-corrected chi connectivity index (χ3v) is 5.73. The van der Waals surface area contributed by atoms with E-state index >= 15 is 0 Å². The summed E-state index contributed by atoms with van der Waals surface area (Å²) in [6.45, 7) is 0.466. The number of anilines is 1. The summed E-state index contributed by atoms with van der Waals surface area (Å²) in [5, 5.41) is 12.7. The standard InChI is InChI=1S/C18H20Cl2N2O4/c19-10-4-7-14(13(20)9-10)21-16(23)15-3-1-2-8-22(15)17(24)11-5-6-12(11)18(25)26/h4,7,9,11-12,15H,1-3,5-6,8H2,(H,21,23)(H,25,26). The van der Waals surface area contributed by atoms with Crippen molar-refractivity contribution in [3.8, 4) is 0 Å². The maximum absolute atomic E-state index is 12.8. The number of hydrogen-bond donors (Lipinski definition) is 2. The van der Waals surface area contributed by atoms with Gasteiger partial charge in [0.15, 0.2) is 0 Å². The highest BCUT2D eigenvalue weighted by Gasteiger charge is 2.45. The second-order valence-electron chi connectivity index (χ2n) is 6.79. The topological polar surface area (TPSA) is 86.7 Å². The lowest BCUT2D eigenvalue weighted by molar-refractivity contribution is -0.159. The minimum atomic E-state index is -0.944. The molecule has 0 spiro atoms. The number of likely N-dealkylation sites (tertiary alicyclic amines) is 1. The Bertz CT molecular complexity index is 740. The number of hydrogen-bond acceptors (Lipinski definition) is 3. The molecule has 2 fully saturated rings. The van der Waals surface area contributed by atoms with E-state index in [0.717, 1.165) is 12.8 Å². The number of nitrogens with zero attached hydrogens (tertiary/aromatic N) is 1. The number of carbonyl (C=O) groups excluding carboxylic acids is 2. The van der Waals surface area contributed by atoms with Gasteiger partial charge < -0.3 is 15.3 Å². The number of carboxylic acids is 1. The SMILES string of the molecule is O=C(O)C1CCC1C(=O)N1CCCCC1C(=O)Nc1ccc(Cl)cc1Cl. The molecule has 8 heteroatoms. The van der Waals surface area contributed by atoms with E-state index in [1.165, 1.54) is 6.07 Å². The summed E-state index contributed by atoms with van der Waals surface area (Å²) in [6.07, 6.45) is 3.26. The molecule has 0 aromatic heterocycles. The summed E-state index contributed by atoms with van der Waals surface area (Å²) < 4.78 is 0. The first kappa shape index (κ1) is 19.0. The van der Waals surface area contributed by atoms with Gasteiger partial charge in [0.05, 0.1) is 22.5 Å². The second kappa shape index (κ2) is 7.84. The number of carbonyl (C=O) groups is 3. The highest BCUT2D eigenvalue weighted by Crippen LogP contribution is 2.37. The molecule has 3 unspecified atom stereocenters. The fourth-order valence-electron chi connectivity index (χ4n) is 3.58. The number of benzene rings is 1. The molecule has 0 bridgehead atoms. The molecule has 3 atom stereocenters. The average Bonchev–Trinajstić information content (AvgIpc) is 2.55. The first-order valence-electron chi connectivity index (χ1n) is 8.67. The van der Waals surface area contributed by atoms with Crippen LogP contribution in [0.2, 0.25) is 10.0 Å². The minimum Gasteiger partial charge on any atom is -0.481 e. The van der Waals surface area contributed by atoms with Gasteiger partial charge in [0.1, 0.15) is 6.04 Å². The van der Waals surface area contributed by atoms with E-state index in [9.17, 15) is 19.5 Å².